The van der Waals surface area contributed by atoms with Crippen LogP contribution in [-0.4, -0.2) is 73.5 Å². The van der Waals surface area contributed by atoms with Crippen molar-refractivity contribution in [1.82, 2.24) is 4.90 Å². The van der Waals surface area contributed by atoms with Crippen LogP contribution >= 0.6 is 0 Å². The Morgan fingerprint density at radius 3 is 2.62 bits per heavy atom. The fourth-order valence-electron chi connectivity index (χ4n) is 6.47. The first-order valence-electron chi connectivity index (χ1n) is 13.0. The number of hydrogen-bond acceptors (Lipinski definition) is 9. The predicted molar refractivity (Wildman–Crippen MR) is 126 cm³/mol. The summed E-state index contributed by atoms with van der Waals surface area (Å²) >= 11 is 0. The Balaban J connectivity index is 1.27. The number of fused-ring (bicyclic) bond motifs is 2. The molecular weight excluding hydrogens is 489 g/mol. The maximum Gasteiger partial charge on any atom is 0.508 e. The van der Waals surface area contributed by atoms with Crippen molar-refractivity contribution in [3.63, 3.8) is 0 Å². The number of halogens is 1. The topological polar surface area (TPSA) is 118 Å². The summed E-state index contributed by atoms with van der Waals surface area (Å²) in [5.41, 5.74) is -1.91. The minimum absolute atomic E-state index is 0.0789. The minimum Gasteiger partial charge on any atom is -0.462 e. The molecule has 4 fully saturated rings. The smallest absolute Gasteiger partial charge is 0.462 e. The molecule has 4 rings (SSSR count). The van der Waals surface area contributed by atoms with Crippen LogP contribution in [0.1, 0.15) is 46.5 Å². The molecule has 0 N–H and O–H groups in total. The number of esters is 2. The Morgan fingerprint density at radius 1 is 1.19 bits per heavy atom. The number of carbonyl (C=O) groups is 4. The second-order valence-electron chi connectivity index (χ2n) is 10.8. The lowest BCUT2D eigenvalue weighted by Crippen LogP contribution is -2.58. The summed E-state index contributed by atoms with van der Waals surface area (Å²) in [6, 6.07) is 0. The standard InChI is InChI=1S/C26H36FNO9/c1-5-8-34-24(31)28-13-36-23(30)26(28)19(27)12-17-20(21(17)26)22(29)33-9-10-35-25(32)37-18-11-15(4)6-7-16(18)14(2)3/h5,14-21H,1,6-13H2,2-4H3/t15-,16+,17+,18-,19+,20+,21+,26+/m1/s1. The van der Waals surface area contributed by atoms with E-state index in [9.17, 15) is 19.2 Å². The molecule has 0 bridgehead atoms. The van der Waals surface area contributed by atoms with E-state index in [1.165, 1.54) is 6.08 Å². The Bertz CT molecular complexity index is 926. The third-order valence-corrected chi connectivity index (χ3v) is 8.31. The van der Waals surface area contributed by atoms with Crippen LogP contribution in [-0.2, 0) is 33.3 Å². The summed E-state index contributed by atoms with van der Waals surface area (Å²) in [5, 5.41) is 0. The van der Waals surface area contributed by atoms with Crippen molar-refractivity contribution in [2.75, 3.05) is 26.6 Å². The average molecular weight is 526 g/mol. The number of amides is 1. The molecule has 206 valence electrons. The molecule has 11 heteroatoms. The van der Waals surface area contributed by atoms with Gasteiger partial charge in [0.15, 0.2) is 12.3 Å². The summed E-state index contributed by atoms with van der Waals surface area (Å²) < 4.78 is 41.0. The predicted octanol–water partition coefficient (Wildman–Crippen LogP) is 3.63. The van der Waals surface area contributed by atoms with Gasteiger partial charge in [-0.3, -0.25) is 9.69 Å². The van der Waals surface area contributed by atoms with Crippen LogP contribution in [0.2, 0.25) is 0 Å². The van der Waals surface area contributed by atoms with Crippen molar-refractivity contribution in [2.24, 2.45) is 35.5 Å². The highest BCUT2D eigenvalue weighted by Crippen LogP contribution is 2.66. The van der Waals surface area contributed by atoms with E-state index in [0.717, 1.165) is 24.2 Å². The van der Waals surface area contributed by atoms with Gasteiger partial charge in [0.1, 0.15) is 32.1 Å². The molecule has 4 aliphatic rings. The van der Waals surface area contributed by atoms with E-state index in [1.54, 1.807) is 0 Å². The lowest BCUT2D eigenvalue weighted by Gasteiger charge is -2.36. The van der Waals surface area contributed by atoms with Crippen molar-refractivity contribution in [2.45, 2.75) is 64.3 Å². The summed E-state index contributed by atoms with van der Waals surface area (Å²) in [6.45, 7) is 8.84. The zero-order valence-corrected chi connectivity index (χ0v) is 21.6. The van der Waals surface area contributed by atoms with E-state index in [-0.39, 0.29) is 38.3 Å². The van der Waals surface area contributed by atoms with Gasteiger partial charge in [-0.25, -0.2) is 18.8 Å². The van der Waals surface area contributed by atoms with E-state index in [1.807, 2.05) is 0 Å². The molecule has 10 nitrogen and oxygen atoms in total. The van der Waals surface area contributed by atoms with E-state index < -0.39 is 60.4 Å². The lowest BCUT2D eigenvalue weighted by molar-refractivity contribution is -0.150. The SMILES string of the molecule is C=CCOC(=O)N1COC(=O)[C@]12[C@H]1[C@@H](C[C@@H]2F)[C@@H]1C(=O)OCCOC(=O)O[C@@H]1C[C@H](C)CC[C@H]1C(C)C. The molecule has 8 atom stereocenters. The molecule has 1 heterocycles. The summed E-state index contributed by atoms with van der Waals surface area (Å²) in [7, 11) is 0. The molecule has 0 unspecified atom stereocenters. The molecule has 1 aliphatic heterocycles. The van der Waals surface area contributed by atoms with Crippen LogP contribution in [0.5, 0.6) is 0 Å². The van der Waals surface area contributed by atoms with Gasteiger partial charge in [0.25, 0.3) is 0 Å². The molecule has 1 spiro atoms. The molecule has 0 aromatic heterocycles. The average Bonchev–Trinajstić information content (AvgIpc) is 3.32. The highest BCUT2D eigenvalue weighted by molar-refractivity contribution is 5.93. The van der Waals surface area contributed by atoms with Gasteiger partial charge >= 0.3 is 24.2 Å². The van der Waals surface area contributed by atoms with Crippen LogP contribution in [0.25, 0.3) is 0 Å². The quantitative estimate of drug-likeness (QED) is 0.203. The van der Waals surface area contributed by atoms with Crippen molar-refractivity contribution in [3.8, 4) is 0 Å². The number of nitrogens with zero attached hydrogens (tertiary/aromatic N) is 1. The van der Waals surface area contributed by atoms with E-state index in [2.05, 4.69) is 27.4 Å². The first-order chi connectivity index (χ1) is 17.6. The first-order valence-corrected chi connectivity index (χ1v) is 13.0. The third-order valence-electron chi connectivity index (χ3n) is 8.31. The maximum atomic E-state index is 15.1. The van der Waals surface area contributed by atoms with Crippen molar-refractivity contribution in [1.29, 1.82) is 0 Å². The Labute approximate surface area is 215 Å². The van der Waals surface area contributed by atoms with Crippen LogP contribution in [0.3, 0.4) is 0 Å². The summed E-state index contributed by atoms with van der Waals surface area (Å²) in [6.07, 6.45) is 0.553. The van der Waals surface area contributed by atoms with Gasteiger partial charge in [-0.15, -0.1) is 0 Å². The second kappa shape index (κ2) is 10.9. The van der Waals surface area contributed by atoms with Gasteiger partial charge < -0.3 is 23.7 Å². The second-order valence-corrected chi connectivity index (χ2v) is 10.8. The molecule has 3 aliphatic carbocycles. The summed E-state index contributed by atoms with van der Waals surface area (Å²) in [5.74, 6) is -2.40. The number of cyclic esters (lactones) is 1. The molecular formula is C26H36FNO9. The van der Waals surface area contributed by atoms with Gasteiger partial charge in [0, 0.05) is 5.92 Å². The Hall–Kier alpha value is -2.85. The third kappa shape index (κ3) is 5.01. The van der Waals surface area contributed by atoms with E-state index in [0.29, 0.717) is 11.8 Å². The van der Waals surface area contributed by atoms with E-state index in [4.69, 9.17) is 23.7 Å². The van der Waals surface area contributed by atoms with Crippen molar-refractivity contribution < 1.29 is 47.3 Å². The van der Waals surface area contributed by atoms with Crippen LogP contribution in [0.4, 0.5) is 14.0 Å². The normalized spacial score (nSPS) is 36.1. The highest BCUT2D eigenvalue weighted by atomic mass is 19.1. The lowest BCUT2D eigenvalue weighted by atomic mass is 9.75. The Morgan fingerprint density at radius 2 is 1.92 bits per heavy atom. The van der Waals surface area contributed by atoms with Crippen molar-refractivity contribution in [3.05, 3.63) is 12.7 Å². The molecule has 37 heavy (non-hydrogen) atoms. The fourth-order valence-corrected chi connectivity index (χ4v) is 6.47. The number of hydrogen-bond donors (Lipinski definition) is 0. The molecule has 1 saturated heterocycles. The van der Waals surface area contributed by atoms with Gasteiger partial charge in [-0.05, 0) is 42.9 Å². The molecule has 0 aromatic carbocycles. The minimum atomic E-state index is -1.91. The molecule has 3 saturated carbocycles. The van der Waals surface area contributed by atoms with Gasteiger partial charge in [0.05, 0.1) is 5.92 Å². The van der Waals surface area contributed by atoms with Crippen molar-refractivity contribution >= 4 is 24.2 Å². The summed E-state index contributed by atoms with van der Waals surface area (Å²) in [4.78, 5) is 51.0. The molecule has 1 amide bonds. The highest BCUT2D eigenvalue weighted by Gasteiger charge is 2.81. The maximum absolute atomic E-state index is 15.1. The zero-order valence-electron chi connectivity index (χ0n) is 21.6. The van der Waals surface area contributed by atoms with Gasteiger partial charge in [-0.1, -0.05) is 39.8 Å². The van der Waals surface area contributed by atoms with Crippen LogP contribution < -0.4 is 0 Å². The van der Waals surface area contributed by atoms with Gasteiger partial charge in [0.2, 0.25) is 0 Å². The monoisotopic (exact) mass is 525 g/mol. The molecule has 0 aromatic rings. The van der Waals surface area contributed by atoms with Crippen LogP contribution in [0, 0.1) is 35.5 Å². The zero-order chi connectivity index (χ0) is 26.9. The number of carbonyl (C=O) groups excluding carboxylic acids is 4. The van der Waals surface area contributed by atoms with E-state index >= 15 is 4.39 Å². The first kappa shape index (κ1) is 27.2. The Kier molecular flexibility index (Phi) is 7.99. The fraction of sp³-hybridized carbons (Fsp3) is 0.769. The number of alkyl halides is 1. The van der Waals surface area contributed by atoms with Crippen LogP contribution in [0.15, 0.2) is 12.7 Å². The molecule has 0 radical (unpaired) electrons. The number of ether oxygens (including phenoxy) is 5. The largest absolute Gasteiger partial charge is 0.508 e. The number of rotatable bonds is 8. The van der Waals surface area contributed by atoms with Gasteiger partial charge in [-0.2, -0.15) is 0 Å².